The molecule has 1 amide bonds. The molecule has 1 aromatic rings. The number of carbonyl (C=O) groups excluding carboxylic acids is 1. The van der Waals surface area contributed by atoms with Crippen LogP contribution in [0.25, 0.3) is 0 Å². The number of nitrogens with one attached hydrogen (secondary N) is 1. The second-order valence-electron chi connectivity index (χ2n) is 4.90. The van der Waals surface area contributed by atoms with Crippen molar-refractivity contribution in [2.24, 2.45) is 0 Å². The monoisotopic (exact) mass is 331 g/mol. The van der Waals surface area contributed by atoms with Crippen LogP contribution >= 0.6 is 15.9 Å². The maximum atomic E-state index is 11.8. The predicted molar refractivity (Wildman–Crippen MR) is 76.5 cm³/mol. The number of methoxy groups -OCH3 is 1. The highest BCUT2D eigenvalue weighted by Crippen LogP contribution is 2.35. The molecule has 5 nitrogen and oxygen atoms in total. The van der Waals surface area contributed by atoms with Gasteiger partial charge in [0.05, 0.1) is 23.9 Å². The molecule has 0 radical (unpaired) electrons. The second kappa shape index (κ2) is 6.25. The number of halogens is 1. The zero-order valence-corrected chi connectivity index (χ0v) is 13.0. The van der Waals surface area contributed by atoms with E-state index in [4.69, 9.17) is 9.47 Å². The third-order valence-electron chi connectivity index (χ3n) is 2.21. The lowest BCUT2D eigenvalue weighted by Crippen LogP contribution is -2.27. The number of amides is 1. The van der Waals surface area contributed by atoms with Crippen LogP contribution < -0.4 is 10.1 Å². The van der Waals surface area contributed by atoms with Gasteiger partial charge in [0.15, 0.2) is 0 Å². The Labute approximate surface area is 121 Å². The normalized spacial score (nSPS) is 11.1. The van der Waals surface area contributed by atoms with Crippen molar-refractivity contribution in [3.8, 4) is 5.75 Å². The number of carbonyl (C=O) groups is 1. The van der Waals surface area contributed by atoms with Gasteiger partial charge >= 0.3 is 6.09 Å². The molecule has 0 atom stereocenters. The van der Waals surface area contributed by atoms with Crippen LogP contribution in [0.2, 0.25) is 0 Å². The molecule has 0 aliphatic rings. The van der Waals surface area contributed by atoms with Crippen LogP contribution in [0.15, 0.2) is 16.6 Å². The molecule has 0 unspecified atom stereocenters. The molecule has 0 saturated carbocycles. The third kappa shape index (κ3) is 4.40. The maximum absolute atomic E-state index is 11.8. The SMILES string of the molecule is COc1ccc(CO)c(NC(=O)OC(C)(C)C)c1Br. The summed E-state index contributed by atoms with van der Waals surface area (Å²) in [7, 11) is 1.52. The third-order valence-corrected chi connectivity index (χ3v) is 3.00. The molecule has 19 heavy (non-hydrogen) atoms. The first-order valence-electron chi connectivity index (χ1n) is 5.74. The van der Waals surface area contributed by atoms with Crippen molar-refractivity contribution in [2.45, 2.75) is 33.0 Å². The van der Waals surface area contributed by atoms with Gasteiger partial charge in [0.25, 0.3) is 0 Å². The van der Waals surface area contributed by atoms with Crippen LogP contribution in [-0.2, 0) is 11.3 Å². The second-order valence-corrected chi connectivity index (χ2v) is 5.69. The summed E-state index contributed by atoms with van der Waals surface area (Å²) < 4.78 is 10.9. The summed E-state index contributed by atoms with van der Waals surface area (Å²) in [5.74, 6) is 0.559. The van der Waals surface area contributed by atoms with Crippen LogP contribution in [0.5, 0.6) is 5.75 Å². The van der Waals surface area contributed by atoms with E-state index in [1.165, 1.54) is 7.11 Å². The van der Waals surface area contributed by atoms with E-state index >= 15 is 0 Å². The lowest BCUT2D eigenvalue weighted by Gasteiger charge is -2.21. The molecule has 0 spiro atoms. The lowest BCUT2D eigenvalue weighted by atomic mass is 10.1. The Morgan fingerprint density at radius 2 is 2.05 bits per heavy atom. The predicted octanol–water partition coefficient (Wildman–Crippen LogP) is 3.30. The fraction of sp³-hybridized carbons (Fsp3) is 0.462. The molecule has 0 aliphatic heterocycles. The average molecular weight is 332 g/mol. The van der Waals surface area contributed by atoms with Gasteiger partial charge in [-0.2, -0.15) is 0 Å². The molecule has 2 N–H and O–H groups in total. The molecule has 6 heteroatoms. The summed E-state index contributed by atoms with van der Waals surface area (Å²) in [6.07, 6.45) is -0.587. The number of anilines is 1. The highest BCUT2D eigenvalue weighted by molar-refractivity contribution is 9.10. The van der Waals surface area contributed by atoms with Crippen LogP contribution in [0.3, 0.4) is 0 Å². The molecular formula is C13H18BrNO4. The first-order chi connectivity index (χ1) is 8.78. The Morgan fingerprint density at radius 3 is 2.53 bits per heavy atom. The Morgan fingerprint density at radius 1 is 1.42 bits per heavy atom. The van der Waals surface area contributed by atoms with Gasteiger partial charge in [0, 0.05) is 5.56 Å². The zero-order valence-electron chi connectivity index (χ0n) is 11.4. The number of hydrogen-bond donors (Lipinski definition) is 2. The van der Waals surface area contributed by atoms with E-state index in [0.717, 1.165) is 0 Å². The van der Waals surface area contributed by atoms with Gasteiger partial charge in [0.1, 0.15) is 11.4 Å². The summed E-state index contributed by atoms with van der Waals surface area (Å²) >= 11 is 3.33. The molecule has 0 aliphatic carbocycles. The quantitative estimate of drug-likeness (QED) is 0.891. The minimum absolute atomic E-state index is 0.201. The van der Waals surface area contributed by atoms with E-state index in [1.54, 1.807) is 32.9 Å². The van der Waals surface area contributed by atoms with Crippen LogP contribution in [-0.4, -0.2) is 23.9 Å². The lowest BCUT2D eigenvalue weighted by molar-refractivity contribution is 0.0635. The van der Waals surface area contributed by atoms with Crippen molar-refractivity contribution in [1.82, 2.24) is 0 Å². The first kappa shape index (κ1) is 15.8. The molecule has 0 bridgehead atoms. The fourth-order valence-corrected chi connectivity index (χ4v) is 2.07. The van der Waals surface area contributed by atoms with Gasteiger partial charge in [-0.3, -0.25) is 5.32 Å². The van der Waals surface area contributed by atoms with E-state index in [9.17, 15) is 9.90 Å². The van der Waals surface area contributed by atoms with E-state index in [1.807, 2.05) is 0 Å². The number of benzene rings is 1. The summed E-state index contributed by atoms with van der Waals surface area (Å²) in [5.41, 5.74) is 0.420. The van der Waals surface area contributed by atoms with Gasteiger partial charge in [-0.15, -0.1) is 0 Å². The van der Waals surface area contributed by atoms with E-state index in [0.29, 0.717) is 21.5 Å². The molecule has 0 saturated heterocycles. The van der Waals surface area contributed by atoms with E-state index < -0.39 is 11.7 Å². The Bertz CT molecular complexity index is 468. The van der Waals surface area contributed by atoms with E-state index in [-0.39, 0.29) is 6.61 Å². The summed E-state index contributed by atoms with van der Waals surface area (Å²) in [6.45, 7) is 5.13. The van der Waals surface area contributed by atoms with Gasteiger partial charge in [0.2, 0.25) is 0 Å². The van der Waals surface area contributed by atoms with Crippen LogP contribution in [0, 0.1) is 0 Å². The molecule has 0 fully saturated rings. The molecule has 1 rings (SSSR count). The number of hydrogen-bond acceptors (Lipinski definition) is 4. The summed E-state index contributed by atoms with van der Waals surface area (Å²) in [6, 6.07) is 3.38. The van der Waals surface area contributed by atoms with E-state index in [2.05, 4.69) is 21.2 Å². The maximum Gasteiger partial charge on any atom is 0.412 e. The number of aliphatic hydroxyl groups is 1. The summed E-state index contributed by atoms with van der Waals surface area (Å²) in [4.78, 5) is 11.8. The summed E-state index contributed by atoms with van der Waals surface area (Å²) in [5, 5.41) is 11.9. The average Bonchev–Trinajstić information content (AvgIpc) is 2.29. The van der Waals surface area contributed by atoms with Gasteiger partial charge in [-0.1, -0.05) is 6.07 Å². The smallest absolute Gasteiger partial charge is 0.412 e. The molecule has 0 heterocycles. The minimum atomic E-state index is -0.588. The van der Waals surface area contributed by atoms with Gasteiger partial charge in [-0.25, -0.2) is 4.79 Å². The van der Waals surface area contributed by atoms with Crippen molar-refractivity contribution < 1.29 is 19.4 Å². The topological polar surface area (TPSA) is 67.8 Å². The molecular weight excluding hydrogens is 314 g/mol. The fourth-order valence-electron chi connectivity index (χ4n) is 1.43. The van der Waals surface area contributed by atoms with Crippen LogP contribution in [0.4, 0.5) is 10.5 Å². The number of ether oxygens (including phenoxy) is 2. The highest BCUT2D eigenvalue weighted by atomic mass is 79.9. The number of rotatable bonds is 3. The zero-order chi connectivity index (χ0) is 14.6. The van der Waals surface area contributed by atoms with Crippen molar-refractivity contribution >= 4 is 27.7 Å². The molecule has 1 aromatic carbocycles. The van der Waals surface area contributed by atoms with Crippen molar-refractivity contribution in [2.75, 3.05) is 12.4 Å². The van der Waals surface area contributed by atoms with Crippen molar-refractivity contribution in [3.63, 3.8) is 0 Å². The Kier molecular flexibility index (Phi) is 5.20. The molecule has 106 valence electrons. The Hall–Kier alpha value is -1.27. The molecule has 0 aromatic heterocycles. The largest absolute Gasteiger partial charge is 0.495 e. The van der Waals surface area contributed by atoms with Gasteiger partial charge in [-0.05, 0) is 42.8 Å². The Balaban J connectivity index is 3.02. The van der Waals surface area contributed by atoms with Crippen LogP contribution in [0.1, 0.15) is 26.3 Å². The number of aliphatic hydroxyl groups excluding tert-OH is 1. The highest BCUT2D eigenvalue weighted by Gasteiger charge is 2.19. The van der Waals surface area contributed by atoms with Gasteiger partial charge < -0.3 is 14.6 Å². The standard InChI is InChI=1S/C13H18BrNO4/c1-13(2,3)19-12(17)15-11-8(7-16)5-6-9(18-4)10(11)14/h5-6,16H,7H2,1-4H3,(H,15,17). The first-order valence-corrected chi connectivity index (χ1v) is 6.54. The van der Waals surface area contributed by atoms with Crippen molar-refractivity contribution in [3.05, 3.63) is 22.2 Å². The van der Waals surface area contributed by atoms with Crippen molar-refractivity contribution in [1.29, 1.82) is 0 Å². The minimum Gasteiger partial charge on any atom is -0.495 e.